The van der Waals surface area contributed by atoms with Crippen LogP contribution in [-0.4, -0.2) is 40.1 Å². The molecule has 0 aliphatic carbocycles. The van der Waals surface area contributed by atoms with Crippen molar-refractivity contribution in [3.8, 4) is 5.75 Å². The molecule has 1 aromatic carbocycles. The van der Waals surface area contributed by atoms with Gasteiger partial charge in [-0.3, -0.25) is 4.79 Å². The fourth-order valence-corrected chi connectivity index (χ4v) is 3.18. The van der Waals surface area contributed by atoms with Gasteiger partial charge in [0.2, 0.25) is 5.91 Å². The summed E-state index contributed by atoms with van der Waals surface area (Å²) in [6, 6.07) is 8.24. The van der Waals surface area contributed by atoms with Gasteiger partial charge >= 0.3 is 0 Å². The molecule has 3 rings (SSSR count). The molecule has 5 heteroatoms. The van der Waals surface area contributed by atoms with E-state index in [9.17, 15) is 4.79 Å². The van der Waals surface area contributed by atoms with E-state index >= 15 is 0 Å². The van der Waals surface area contributed by atoms with Crippen molar-refractivity contribution in [3.05, 3.63) is 48.5 Å². The quantitative estimate of drug-likeness (QED) is 0.823. The van der Waals surface area contributed by atoms with Crippen LogP contribution in [0.15, 0.2) is 43.0 Å². The summed E-state index contributed by atoms with van der Waals surface area (Å²) in [7, 11) is 1.66. The van der Waals surface area contributed by atoms with E-state index in [1.807, 2.05) is 41.7 Å². The Labute approximate surface area is 136 Å². The summed E-state index contributed by atoms with van der Waals surface area (Å²) in [5.41, 5.74) is 1.17. The predicted octanol–water partition coefficient (Wildman–Crippen LogP) is 2.52. The van der Waals surface area contributed by atoms with Crippen molar-refractivity contribution in [1.82, 2.24) is 14.5 Å². The molecular formula is C18H23N3O2. The molecule has 1 amide bonds. The Balaban J connectivity index is 1.54. The molecule has 2 aromatic rings. The highest BCUT2D eigenvalue weighted by Gasteiger charge is 2.28. The standard InChI is InChI=1S/C18H23N3O2/c1-23-17-7-4-15(5-8-17)6-9-18(22)21-11-2-3-16(21)13-20-12-10-19-14-20/h4-5,7-8,10,12,14,16H,2-3,6,9,11,13H2,1H3/t16-/m1/s1. The first kappa shape index (κ1) is 15.6. The lowest BCUT2D eigenvalue weighted by atomic mass is 10.1. The molecular weight excluding hydrogens is 290 g/mol. The molecule has 1 aromatic heterocycles. The Kier molecular flexibility index (Phi) is 4.95. The molecule has 1 saturated heterocycles. The van der Waals surface area contributed by atoms with E-state index in [1.165, 1.54) is 5.56 Å². The van der Waals surface area contributed by atoms with Crippen molar-refractivity contribution >= 4 is 5.91 Å². The minimum Gasteiger partial charge on any atom is -0.497 e. The highest BCUT2D eigenvalue weighted by Crippen LogP contribution is 2.21. The van der Waals surface area contributed by atoms with Crippen molar-refractivity contribution in [3.63, 3.8) is 0 Å². The largest absolute Gasteiger partial charge is 0.497 e. The number of carbonyl (C=O) groups is 1. The van der Waals surface area contributed by atoms with Crippen LogP contribution in [0.5, 0.6) is 5.75 Å². The topological polar surface area (TPSA) is 47.4 Å². The van der Waals surface area contributed by atoms with Crippen molar-refractivity contribution in [2.24, 2.45) is 0 Å². The maximum absolute atomic E-state index is 12.6. The van der Waals surface area contributed by atoms with E-state index in [0.29, 0.717) is 12.5 Å². The van der Waals surface area contributed by atoms with Crippen LogP contribution in [-0.2, 0) is 17.8 Å². The average molecular weight is 313 g/mol. The van der Waals surface area contributed by atoms with Gasteiger partial charge in [0.05, 0.1) is 13.4 Å². The van der Waals surface area contributed by atoms with E-state index in [4.69, 9.17) is 4.74 Å². The van der Waals surface area contributed by atoms with Crippen LogP contribution in [0.1, 0.15) is 24.8 Å². The van der Waals surface area contributed by atoms with Crippen LogP contribution in [0.25, 0.3) is 0 Å². The van der Waals surface area contributed by atoms with Gasteiger partial charge < -0.3 is 14.2 Å². The number of nitrogens with zero attached hydrogens (tertiary/aromatic N) is 3. The number of hydrogen-bond donors (Lipinski definition) is 0. The van der Waals surface area contributed by atoms with Crippen LogP contribution in [0.2, 0.25) is 0 Å². The number of hydrogen-bond acceptors (Lipinski definition) is 3. The second-order valence-corrected chi connectivity index (χ2v) is 5.99. The zero-order valence-electron chi connectivity index (χ0n) is 13.5. The Hall–Kier alpha value is -2.30. The van der Waals surface area contributed by atoms with Crippen LogP contribution in [0.3, 0.4) is 0 Å². The Morgan fingerprint density at radius 2 is 2.17 bits per heavy atom. The Morgan fingerprint density at radius 3 is 2.87 bits per heavy atom. The fourth-order valence-electron chi connectivity index (χ4n) is 3.18. The molecule has 1 fully saturated rings. The minimum atomic E-state index is 0.253. The molecule has 0 unspecified atom stereocenters. The van der Waals surface area contributed by atoms with Crippen molar-refractivity contribution in [2.45, 2.75) is 38.3 Å². The van der Waals surface area contributed by atoms with Crippen molar-refractivity contribution in [2.75, 3.05) is 13.7 Å². The first-order valence-corrected chi connectivity index (χ1v) is 8.14. The average Bonchev–Trinajstić information content (AvgIpc) is 3.25. The molecule has 0 spiro atoms. The molecule has 2 heterocycles. The predicted molar refractivity (Wildman–Crippen MR) is 88.3 cm³/mol. The van der Waals surface area contributed by atoms with Gasteiger partial charge in [0.25, 0.3) is 0 Å². The van der Waals surface area contributed by atoms with E-state index in [2.05, 4.69) is 9.55 Å². The number of likely N-dealkylation sites (tertiary alicyclic amines) is 1. The van der Waals surface area contributed by atoms with Gasteiger partial charge in [-0.2, -0.15) is 0 Å². The summed E-state index contributed by atoms with van der Waals surface area (Å²) in [5.74, 6) is 1.10. The number of carbonyl (C=O) groups excluding carboxylic acids is 1. The molecule has 122 valence electrons. The van der Waals surface area contributed by atoms with Crippen molar-refractivity contribution < 1.29 is 9.53 Å². The first-order chi connectivity index (χ1) is 11.3. The van der Waals surface area contributed by atoms with Crippen LogP contribution in [0.4, 0.5) is 0 Å². The van der Waals surface area contributed by atoms with Gasteiger partial charge in [-0.1, -0.05) is 12.1 Å². The zero-order valence-corrected chi connectivity index (χ0v) is 13.5. The van der Waals surface area contributed by atoms with Gasteiger partial charge in [0, 0.05) is 37.9 Å². The minimum absolute atomic E-state index is 0.253. The summed E-state index contributed by atoms with van der Waals surface area (Å²) in [5, 5.41) is 0. The lowest BCUT2D eigenvalue weighted by molar-refractivity contribution is -0.132. The maximum Gasteiger partial charge on any atom is 0.223 e. The normalized spacial score (nSPS) is 17.4. The summed E-state index contributed by atoms with van der Waals surface area (Å²) in [6.45, 7) is 1.72. The van der Waals surface area contributed by atoms with Gasteiger partial charge in [0.1, 0.15) is 5.75 Å². The van der Waals surface area contributed by atoms with E-state index in [-0.39, 0.29) is 5.91 Å². The number of amides is 1. The lowest BCUT2D eigenvalue weighted by Gasteiger charge is -2.25. The molecule has 5 nitrogen and oxygen atoms in total. The van der Waals surface area contributed by atoms with Gasteiger partial charge in [-0.05, 0) is 37.0 Å². The highest BCUT2D eigenvalue weighted by atomic mass is 16.5. The van der Waals surface area contributed by atoms with Crippen molar-refractivity contribution in [1.29, 1.82) is 0 Å². The first-order valence-electron chi connectivity index (χ1n) is 8.14. The highest BCUT2D eigenvalue weighted by molar-refractivity contribution is 5.77. The molecule has 0 radical (unpaired) electrons. The number of aromatic nitrogens is 2. The third-order valence-corrected chi connectivity index (χ3v) is 4.46. The second kappa shape index (κ2) is 7.31. The van der Waals surface area contributed by atoms with E-state index in [1.54, 1.807) is 13.3 Å². The van der Waals surface area contributed by atoms with Crippen LogP contribution in [0, 0.1) is 0 Å². The second-order valence-electron chi connectivity index (χ2n) is 5.99. The van der Waals surface area contributed by atoms with Gasteiger partial charge in [-0.25, -0.2) is 4.98 Å². The van der Waals surface area contributed by atoms with Crippen LogP contribution < -0.4 is 4.74 Å². The zero-order chi connectivity index (χ0) is 16.1. The Morgan fingerprint density at radius 1 is 1.35 bits per heavy atom. The molecule has 1 atom stereocenters. The number of imidazole rings is 1. The number of ether oxygens (including phenoxy) is 1. The molecule has 1 aliphatic heterocycles. The van der Waals surface area contributed by atoms with Crippen LogP contribution >= 0.6 is 0 Å². The number of aryl methyl sites for hydroxylation is 1. The summed E-state index contributed by atoms with van der Waals surface area (Å²) < 4.78 is 7.21. The summed E-state index contributed by atoms with van der Waals surface area (Å²) in [6.07, 6.45) is 9.06. The summed E-state index contributed by atoms with van der Waals surface area (Å²) >= 11 is 0. The molecule has 1 aliphatic rings. The smallest absolute Gasteiger partial charge is 0.223 e. The SMILES string of the molecule is COc1ccc(CCC(=O)N2CCC[C@@H]2Cn2ccnc2)cc1. The molecule has 0 bridgehead atoms. The third kappa shape index (κ3) is 3.92. The maximum atomic E-state index is 12.6. The number of benzene rings is 1. The fraction of sp³-hybridized carbons (Fsp3) is 0.444. The monoisotopic (exact) mass is 313 g/mol. The van der Waals surface area contributed by atoms with E-state index < -0.39 is 0 Å². The lowest BCUT2D eigenvalue weighted by Crippen LogP contribution is -2.38. The van der Waals surface area contributed by atoms with Gasteiger partial charge in [-0.15, -0.1) is 0 Å². The third-order valence-electron chi connectivity index (χ3n) is 4.46. The Bertz CT molecular complexity index is 622. The molecule has 23 heavy (non-hydrogen) atoms. The van der Waals surface area contributed by atoms with Gasteiger partial charge in [0.15, 0.2) is 0 Å². The molecule has 0 N–H and O–H groups in total. The summed E-state index contributed by atoms with van der Waals surface area (Å²) in [4.78, 5) is 18.7. The van der Waals surface area contributed by atoms with E-state index in [0.717, 1.165) is 38.1 Å². The number of rotatable bonds is 6. The molecule has 0 saturated carbocycles. The number of methoxy groups -OCH3 is 1.